The highest BCUT2D eigenvalue weighted by atomic mass is 16.6. The van der Waals surface area contributed by atoms with Crippen molar-refractivity contribution in [2.24, 2.45) is 11.8 Å². The maximum Gasteiger partial charge on any atom is 0.293 e. The molecule has 4 atom stereocenters. The summed E-state index contributed by atoms with van der Waals surface area (Å²) in [6.45, 7) is -0.426. The molecule has 118 valence electrons. The van der Waals surface area contributed by atoms with E-state index in [0.717, 1.165) is 4.90 Å². The van der Waals surface area contributed by atoms with Crippen LogP contribution in [0, 0.1) is 22.0 Å². The summed E-state index contributed by atoms with van der Waals surface area (Å²) < 4.78 is 5.62. The molecular formula is C15H12N2O6. The van der Waals surface area contributed by atoms with Gasteiger partial charge in [-0.1, -0.05) is 24.3 Å². The summed E-state index contributed by atoms with van der Waals surface area (Å²) in [4.78, 5) is 36.9. The van der Waals surface area contributed by atoms with Gasteiger partial charge in [-0.25, -0.2) is 4.90 Å². The molecule has 2 fully saturated rings. The Morgan fingerprint density at radius 1 is 1.30 bits per heavy atom. The van der Waals surface area contributed by atoms with Gasteiger partial charge in [0.1, 0.15) is 11.3 Å². The van der Waals surface area contributed by atoms with Gasteiger partial charge in [0.25, 0.3) is 5.69 Å². The number of rotatable bonds is 3. The number of amides is 2. The topological polar surface area (TPSA) is 110 Å². The van der Waals surface area contributed by atoms with E-state index in [0.29, 0.717) is 0 Å². The number of hydrogen-bond donors (Lipinski definition) is 1. The van der Waals surface area contributed by atoms with E-state index in [9.17, 15) is 24.8 Å². The van der Waals surface area contributed by atoms with Gasteiger partial charge in [-0.05, 0) is 6.07 Å². The van der Waals surface area contributed by atoms with Crippen LogP contribution in [0.5, 0.6) is 0 Å². The van der Waals surface area contributed by atoms with Crippen LogP contribution in [-0.2, 0) is 14.3 Å². The van der Waals surface area contributed by atoms with E-state index in [1.54, 1.807) is 12.2 Å². The third kappa shape index (κ3) is 1.61. The molecule has 3 aliphatic rings. The van der Waals surface area contributed by atoms with Crippen molar-refractivity contribution < 1.29 is 24.4 Å². The molecule has 0 aromatic heterocycles. The fraction of sp³-hybridized carbons (Fsp3) is 0.333. The smallest absolute Gasteiger partial charge is 0.293 e. The van der Waals surface area contributed by atoms with Crippen molar-refractivity contribution in [3.63, 3.8) is 0 Å². The monoisotopic (exact) mass is 316 g/mol. The number of ether oxygens (including phenoxy) is 1. The molecule has 0 unspecified atom stereocenters. The first-order chi connectivity index (χ1) is 11.0. The Bertz CT molecular complexity index is 775. The lowest BCUT2D eigenvalue weighted by atomic mass is 9.77. The lowest BCUT2D eigenvalue weighted by Gasteiger charge is -2.26. The first-order valence-electron chi connectivity index (χ1n) is 7.09. The molecule has 3 aliphatic heterocycles. The normalized spacial score (nSPS) is 34.3. The molecule has 0 spiro atoms. The SMILES string of the molecule is O=C1[C@@H]2[C@@H]3C=C[C@](CO)(O3)[C@@H]2C(=O)N1c1ccccc1[N+](=O)[O-]. The van der Waals surface area contributed by atoms with E-state index in [2.05, 4.69) is 0 Å². The summed E-state index contributed by atoms with van der Waals surface area (Å²) in [5.41, 5.74) is -1.57. The maximum atomic E-state index is 12.8. The third-order valence-corrected chi connectivity index (χ3v) is 4.72. The molecule has 0 radical (unpaired) electrons. The number of benzene rings is 1. The highest BCUT2D eigenvalue weighted by molar-refractivity contribution is 6.24. The van der Waals surface area contributed by atoms with E-state index in [4.69, 9.17) is 4.74 Å². The Kier molecular flexibility index (Phi) is 2.72. The van der Waals surface area contributed by atoms with Gasteiger partial charge in [0.05, 0.1) is 29.5 Å². The largest absolute Gasteiger partial charge is 0.393 e. The van der Waals surface area contributed by atoms with Crippen LogP contribution in [0.2, 0.25) is 0 Å². The molecule has 8 nitrogen and oxygen atoms in total. The van der Waals surface area contributed by atoms with Crippen LogP contribution in [-0.4, -0.2) is 40.2 Å². The molecule has 2 amide bonds. The third-order valence-electron chi connectivity index (χ3n) is 4.72. The number of nitrogens with zero attached hydrogens (tertiary/aromatic N) is 2. The van der Waals surface area contributed by atoms with Crippen LogP contribution in [0.25, 0.3) is 0 Å². The van der Waals surface area contributed by atoms with E-state index in [1.165, 1.54) is 24.3 Å². The van der Waals surface area contributed by atoms with Gasteiger partial charge in [0.2, 0.25) is 11.8 Å². The highest BCUT2D eigenvalue weighted by Gasteiger charge is 2.68. The number of fused-ring (bicyclic) bond motifs is 5. The Balaban J connectivity index is 1.82. The van der Waals surface area contributed by atoms with Gasteiger partial charge in [0.15, 0.2) is 0 Å². The summed E-state index contributed by atoms with van der Waals surface area (Å²) >= 11 is 0. The average Bonchev–Trinajstić information content (AvgIpc) is 3.18. The quantitative estimate of drug-likeness (QED) is 0.374. The molecule has 0 saturated carbocycles. The van der Waals surface area contributed by atoms with Crippen LogP contribution < -0.4 is 4.90 Å². The minimum Gasteiger partial charge on any atom is -0.393 e. The van der Waals surface area contributed by atoms with Gasteiger partial charge in [-0.15, -0.1) is 0 Å². The van der Waals surface area contributed by atoms with Gasteiger partial charge < -0.3 is 9.84 Å². The number of aliphatic hydroxyl groups is 1. The number of para-hydroxylation sites is 2. The van der Waals surface area contributed by atoms with Crippen LogP contribution in [0.3, 0.4) is 0 Å². The first-order valence-corrected chi connectivity index (χ1v) is 7.09. The van der Waals surface area contributed by atoms with Crippen LogP contribution in [0.4, 0.5) is 11.4 Å². The summed E-state index contributed by atoms with van der Waals surface area (Å²) in [5, 5.41) is 20.8. The lowest BCUT2D eigenvalue weighted by molar-refractivity contribution is -0.384. The van der Waals surface area contributed by atoms with Gasteiger partial charge in [-0.3, -0.25) is 19.7 Å². The molecular weight excluding hydrogens is 304 g/mol. The van der Waals surface area contributed by atoms with E-state index >= 15 is 0 Å². The molecule has 1 N–H and O–H groups in total. The second kappa shape index (κ2) is 4.46. The van der Waals surface area contributed by atoms with E-state index < -0.39 is 46.9 Å². The van der Waals surface area contributed by atoms with E-state index in [1.807, 2.05) is 0 Å². The molecule has 23 heavy (non-hydrogen) atoms. The summed E-state index contributed by atoms with van der Waals surface area (Å²) in [7, 11) is 0. The molecule has 4 rings (SSSR count). The zero-order valence-corrected chi connectivity index (χ0v) is 11.8. The van der Waals surface area contributed by atoms with Crippen molar-refractivity contribution in [2.75, 3.05) is 11.5 Å². The molecule has 2 bridgehead atoms. The van der Waals surface area contributed by atoms with Crippen molar-refractivity contribution in [1.82, 2.24) is 0 Å². The molecule has 1 aromatic rings. The van der Waals surface area contributed by atoms with Crippen molar-refractivity contribution in [2.45, 2.75) is 11.7 Å². The van der Waals surface area contributed by atoms with Crippen molar-refractivity contribution in [3.05, 3.63) is 46.5 Å². The predicted molar refractivity (Wildman–Crippen MR) is 76.4 cm³/mol. The number of carbonyl (C=O) groups is 2. The summed E-state index contributed by atoms with van der Waals surface area (Å²) in [6.07, 6.45) is 2.68. The molecule has 1 aromatic carbocycles. The average molecular weight is 316 g/mol. The number of hydrogen-bond acceptors (Lipinski definition) is 6. The zero-order valence-electron chi connectivity index (χ0n) is 11.8. The number of nitro benzene ring substituents is 1. The molecule has 3 heterocycles. The van der Waals surface area contributed by atoms with Crippen LogP contribution >= 0.6 is 0 Å². The summed E-state index contributed by atoms with van der Waals surface area (Å²) in [5.74, 6) is -2.71. The Morgan fingerprint density at radius 3 is 2.74 bits per heavy atom. The molecule has 0 aliphatic carbocycles. The standard InChI is InChI=1S/C15H12N2O6/c18-7-15-6-5-10(23-15)11-12(15)14(20)16(13(11)19)8-3-1-2-4-9(8)17(21)22/h1-6,10-12,18H,7H2/t10-,11+,12-,15+/m0/s1. The fourth-order valence-electron chi connectivity index (χ4n) is 3.73. The van der Waals surface area contributed by atoms with Gasteiger partial charge >= 0.3 is 0 Å². The lowest BCUT2D eigenvalue weighted by Crippen LogP contribution is -2.43. The number of aliphatic hydroxyl groups excluding tert-OH is 1. The highest BCUT2D eigenvalue weighted by Crippen LogP contribution is 2.52. The zero-order chi connectivity index (χ0) is 16.4. The number of carbonyl (C=O) groups excluding carboxylic acids is 2. The minimum absolute atomic E-state index is 0.0469. The van der Waals surface area contributed by atoms with Crippen molar-refractivity contribution in [1.29, 1.82) is 0 Å². The first kappa shape index (κ1) is 14.0. The number of anilines is 1. The maximum absolute atomic E-state index is 12.8. The van der Waals surface area contributed by atoms with E-state index in [-0.39, 0.29) is 11.4 Å². The summed E-state index contributed by atoms with van der Waals surface area (Å²) in [6, 6.07) is 5.62. The predicted octanol–water partition coefficient (Wildman–Crippen LogP) is 0.400. The Labute approximate surface area is 130 Å². The number of nitro groups is 1. The van der Waals surface area contributed by atoms with Crippen molar-refractivity contribution >= 4 is 23.2 Å². The van der Waals surface area contributed by atoms with Crippen molar-refractivity contribution in [3.8, 4) is 0 Å². The molecule has 2 saturated heterocycles. The van der Waals surface area contributed by atoms with Gasteiger partial charge in [-0.2, -0.15) is 0 Å². The Morgan fingerprint density at radius 2 is 2.04 bits per heavy atom. The minimum atomic E-state index is -1.21. The second-order valence-electron chi connectivity index (χ2n) is 5.82. The molecule has 8 heteroatoms. The Hall–Kier alpha value is -2.58. The van der Waals surface area contributed by atoms with Crippen LogP contribution in [0.15, 0.2) is 36.4 Å². The van der Waals surface area contributed by atoms with Crippen LogP contribution in [0.1, 0.15) is 0 Å². The second-order valence-corrected chi connectivity index (χ2v) is 5.82. The fourth-order valence-corrected chi connectivity index (χ4v) is 3.73. The number of imide groups is 1. The van der Waals surface area contributed by atoms with Gasteiger partial charge in [0, 0.05) is 6.07 Å².